The predicted molar refractivity (Wildman–Crippen MR) is 70.2 cm³/mol. The summed E-state index contributed by atoms with van der Waals surface area (Å²) in [5, 5.41) is 3.13. The van der Waals surface area contributed by atoms with Gasteiger partial charge in [-0.05, 0) is 32.1 Å². The highest BCUT2D eigenvalue weighted by Crippen LogP contribution is 2.37. The first-order chi connectivity index (χ1) is 9.47. The lowest BCUT2D eigenvalue weighted by Gasteiger charge is -2.31. The lowest BCUT2D eigenvalue weighted by molar-refractivity contribution is -0.183. The smallest absolute Gasteiger partial charge is 0.343 e. The molecule has 2 atom stereocenters. The van der Waals surface area contributed by atoms with Crippen LogP contribution >= 0.6 is 0 Å². The third-order valence-electron chi connectivity index (χ3n) is 4.37. The highest BCUT2D eigenvalue weighted by atomic mass is 19.4. The standard InChI is InChI=1S/C14H23F3N2O/c15-14(16,17)11-4-3-5-12(10-11)18-7-6-13(20)19-8-1-2-9-19/h11-12,18H,1-10H2. The number of amides is 1. The Kier molecular flexibility index (Phi) is 5.29. The second kappa shape index (κ2) is 6.78. The van der Waals surface area contributed by atoms with Crippen LogP contribution in [0.2, 0.25) is 0 Å². The van der Waals surface area contributed by atoms with E-state index in [1.807, 2.05) is 4.90 Å². The molecule has 1 saturated heterocycles. The van der Waals surface area contributed by atoms with E-state index in [0.717, 1.165) is 32.4 Å². The molecule has 2 aliphatic rings. The minimum absolute atomic E-state index is 0.0956. The Morgan fingerprint density at radius 2 is 1.85 bits per heavy atom. The molecule has 1 aliphatic heterocycles. The highest BCUT2D eigenvalue weighted by molar-refractivity contribution is 5.76. The molecule has 0 aromatic rings. The van der Waals surface area contributed by atoms with Crippen LogP contribution < -0.4 is 5.32 Å². The molecular formula is C14H23F3N2O. The van der Waals surface area contributed by atoms with Crippen molar-refractivity contribution in [3.63, 3.8) is 0 Å². The van der Waals surface area contributed by atoms with Crippen LogP contribution in [0, 0.1) is 5.92 Å². The minimum atomic E-state index is -4.08. The fraction of sp³-hybridized carbons (Fsp3) is 0.929. The van der Waals surface area contributed by atoms with Gasteiger partial charge in [0.05, 0.1) is 5.92 Å². The molecule has 0 aromatic heterocycles. The molecule has 6 heteroatoms. The highest BCUT2D eigenvalue weighted by Gasteiger charge is 2.41. The predicted octanol–water partition coefficient (Wildman–Crippen LogP) is 2.71. The van der Waals surface area contributed by atoms with Crippen molar-refractivity contribution in [2.45, 2.75) is 57.2 Å². The molecule has 0 aromatic carbocycles. The molecule has 1 amide bonds. The summed E-state index contributed by atoms with van der Waals surface area (Å²) in [7, 11) is 0. The number of rotatable bonds is 4. The molecule has 1 N–H and O–H groups in total. The number of likely N-dealkylation sites (tertiary alicyclic amines) is 1. The first-order valence-corrected chi connectivity index (χ1v) is 7.54. The van der Waals surface area contributed by atoms with Gasteiger partial charge in [-0.15, -0.1) is 0 Å². The minimum Gasteiger partial charge on any atom is -0.343 e. The number of halogens is 3. The molecule has 1 saturated carbocycles. The molecule has 116 valence electrons. The SMILES string of the molecule is O=C(CCNC1CCCC(C(F)(F)F)C1)N1CCCC1. The molecule has 1 heterocycles. The number of carbonyl (C=O) groups excluding carboxylic acids is 1. The molecule has 1 aliphatic carbocycles. The van der Waals surface area contributed by atoms with Crippen LogP contribution in [0.4, 0.5) is 13.2 Å². The maximum Gasteiger partial charge on any atom is 0.391 e. The average molecular weight is 292 g/mol. The second-order valence-electron chi connectivity index (χ2n) is 5.89. The van der Waals surface area contributed by atoms with E-state index in [-0.39, 0.29) is 24.8 Å². The third kappa shape index (κ3) is 4.36. The van der Waals surface area contributed by atoms with Gasteiger partial charge in [-0.25, -0.2) is 0 Å². The van der Waals surface area contributed by atoms with Gasteiger partial charge in [0.1, 0.15) is 0 Å². The number of carbonyl (C=O) groups is 1. The summed E-state index contributed by atoms with van der Waals surface area (Å²) < 4.78 is 38.0. The van der Waals surface area contributed by atoms with Gasteiger partial charge in [-0.3, -0.25) is 4.79 Å². The van der Waals surface area contributed by atoms with Gasteiger partial charge in [0.15, 0.2) is 0 Å². The van der Waals surface area contributed by atoms with E-state index in [1.165, 1.54) is 0 Å². The van der Waals surface area contributed by atoms with Gasteiger partial charge < -0.3 is 10.2 Å². The van der Waals surface area contributed by atoms with Crippen LogP contribution in [-0.4, -0.2) is 42.7 Å². The van der Waals surface area contributed by atoms with Crippen molar-refractivity contribution in [2.24, 2.45) is 5.92 Å². The quantitative estimate of drug-likeness (QED) is 0.864. The Bertz CT molecular complexity index is 327. The van der Waals surface area contributed by atoms with Crippen LogP contribution in [0.3, 0.4) is 0 Å². The third-order valence-corrected chi connectivity index (χ3v) is 4.37. The molecule has 2 fully saturated rings. The summed E-state index contributed by atoms with van der Waals surface area (Å²) in [6, 6.07) is -0.0956. The van der Waals surface area contributed by atoms with Crippen LogP contribution in [0.15, 0.2) is 0 Å². The van der Waals surface area contributed by atoms with Gasteiger partial charge in [-0.1, -0.05) is 6.42 Å². The summed E-state index contributed by atoms with van der Waals surface area (Å²) in [5.74, 6) is -1.05. The topological polar surface area (TPSA) is 32.3 Å². The van der Waals surface area contributed by atoms with E-state index in [1.54, 1.807) is 0 Å². The molecule has 0 radical (unpaired) electrons. The normalized spacial score (nSPS) is 27.9. The number of nitrogens with one attached hydrogen (secondary N) is 1. The molecular weight excluding hydrogens is 269 g/mol. The van der Waals surface area contributed by atoms with Gasteiger partial charge >= 0.3 is 6.18 Å². The largest absolute Gasteiger partial charge is 0.391 e. The fourth-order valence-corrected chi connectivity index (χ4v) is 3.18. The summed E-state index contributed by atoms with van der Waals surface area (Å²) in [6.45, 7) is 2.15. The van der Waals surface area contributed by atoms with E-state index in [0.29, 0.717) is 19.4 Å². The monoisotopic (exact) mass is 292 g/mol. The molecule has 20 heavy (non-hydrogen) atoms. The summed E-state index contributed by atoms with van der Waals surface area (Å²) in [6.07, 6.45) is 0.241. The van der Waals surface area contributed by atoms with E-state index in [9.17, 15) is 18.0 Å². The molecule has 3 nitrogen and oxygen atoms in total. The van der Waals surface area contributed by atoms with Crippen molar-refractivity contribution >= 4 is 5.91 Å². The van der Waals surface area contributed by atoms with Crippen molar-refractivity contribution in [2.75, 3.05) is 19.6 Å². The Hall–Kier alpha value is -0.780. The Morgan fingerprint density at radius 3 is 2.50 bits per heavy atom. The van der Waals surface area contributed by atoms with Gasteiger partial charge in [0.2, 0.25) is 5.91 Å². The van der Waals surface area contributed by atoms with Crippen LogP contribution in [-0.2, 0) is 4.79 Å². The Labute approximate surface area is 117 Å². The van der Waals surface area contributed by atoms with Crippen molar-refractivity contribution in [1.29, 1.82) is 0 Å². The molecule has 2 rings (SSSR count). The molecule has 0 spiro atoms. The lowest BCUT2D eigenvalue weighted by Crippen LogP contribution is -2.40. The van der Waals surface area contributed by atoms with Gasteiger partial charge in [0, 0.05) is 32.1 Å². The van der Waals surface area contributed by atoms with Crippen LogP contribution in [0.5, 0.6) is 0 Å². The van der Waals surface area contributed by atoms with Crippen molar-refractivity contribution in [1.82, 2.24) is 10.2 Å². The maximum absolute atomic E-state index is 12.7. The molecule has 2 unspecified atom stereocenters. The first kappa shape index (κ1) is 15.6. The number of hydrogen-bond donors (Lipinski definition) is 1. The zero-order valence-corrected chi connectivity index (χ0v) is 11.7. The maximum atomic E-state index is 12.7. The zero-order valence-electron chi connectivity index (χ0n) is 11.7. The summed E-state index contributed by atoms with van der Waals surface area (Å²) >= 11 is 0. The van der Waals surface area contributed by atoms with Crippen molar-refractivity contribution in [3.05, 3.63) is 0 Å². The average Bonchev–Trinajstić information content (AvgIpc) is 2.92. The van der Waals surface area contributed by atoms with Gasteiger partial charge in [-0.2, -0.15) is 13.2 Å². The van der Waals surface area contributed by atoms with E-state index in [2.05, 4.69) is 5.32 Å². The van der Waals surface area contributed by atoms with Crippen molar-refractivity contribution < 1.29 is 18.0 Å². The lowest BCUT2D eigenvalue weighted by atomic mass is 9.85. The van der Waals surface area contributed by atoms with Crippen molar-refractivity contribution in [3.8, 4) is 0 Å². The first-order valence-electron chi connectivity index (χ1n) is 7.54. The summed E-state index contributed by atoms with van der Waals surface area (Å²) in [5.41, 5.74) is 0. The number of alkyl halides is 3. The van der Waals surface area contributed by atoms with Crippen LogP contribution in [0.1, 0.15) is 44.9 Å². The zero-order chi connectivity index (χ0) is 14.6. The fourth-order valence-electron chi connectivity index (χ4n) is 3.18. The number of nitrogens with zero attached hydrogens (tertiary/aromatic N) is 1. The van der Waals surface area contributed by atoms with E-state index < -0.39 is 12.1 Å². The van der Waals surface area contributed by atoms with E-state index >= 15 is 0 Å². The van der Waals surface area contributed by atoms with Crippen LogP contribution in [0.25, 0.3) is 0 Å². The Morgan fingerprint density at radius 1 is 1.15 bits per heavy atom. The van der Waals surface area contributed by atoms with E-state index in [4.69, 9.17) is 0 Å². The Balaban J connectivity index is 1.67. The summed E-state index contributed by atoms with van der Waals surface area (Å²) in [4.78, 5) is 13.7. The second-order valence-corrected chi connectivity index (χ2v) is 5.89. The van der Waals surface area contributed by atoms with Gasteiger partial charge in [0.25, 0.3) is 0 Å². The molecule has 0 bridgehead atoms. The number of hydrogen-bond acceptors (Lipinski definition) is 2.